The number of halogens is 1. The Kier molecular flexibility index (Phi) is 5.09. The number of carbonyl (C=O) groups is 1. The Morgan fingerprint density at radius 2 is 1.82 bits per heavy atom. The van der Waals surface area contributed by atoms with E-state index in [2.05, 4.69) is 0 Å². The molecule has 0 aliphatic carbocycles. The minimum absolute atomic E-state index is 0.297. The van der Waals surface area contributed by atoms with Crippen LogP contribution in [0, 0.1) is 20.8 Å². The first-order valence-corrected chi connectivity index (χ1v) is 7.46. The zero-order valence-corrected chi connectivity index (χ0v) is 13.6. The zero-order chi connectivity index (χ0) is 16.3. The predicted octanol–water partition coefficient (Wildman–Crippen LogP) is 4.34. The highest BCUT2D eigenvalue weighted by molar-refractivity contribution is 6.30. The minimum Gasteiger partial charge on any atom is -0.478 e. The average Bonchev–Trinajstić information content (AvgIpc) is 2.44. The number of aliphatic carboxylic acids is 1. The molecular weight excluding hydrogens is 300 g/mol. The summed E-state index contributed by atoms with van der Waals surface area (Å²) in [6, 6.07) is 11.0. The molecule has 2 aromatic carbocycles. The SMILES string of the molecule is Cc1ccc(O[C@H](Cc2ccc(Cl)cc2C)C(=O)O)cc1C. The Labute approximate surface area is 135 Å². The molecule has 0 bridgehead atoms. The van der Waals surface area contributed by atoms with Crippen molar-refractivity contribution in [1.82, 2.24) is 0 Å². The number of carboxylic acid groups (broad SMARTS) is 1. The molecule has 0 fully saturated rings. The van der Waals surface area contributed by atoms with E-state index < -0.39 is 12.1 Å². The maximum absolute atomic E-state index is 11.5. The average molecular weight is 319 g/mol. The second-order valence-corrected chi connectivity index (χ2v) is 5.90. The Hall–Kier alpha value is -2.00. The lowest BCUT2D eigenvalue weighted by atomic mass is 10.0. The first kappa shape index (κ1) is 16.4. The van der Waals surface area contributed by atoms with Gasteiger partial charge in [0.25, 0.3) is 0 Å². The van der Waals surface area contributed by atoms with Crippen LogP contribution in [-0.2, 0) is 11.2 Å². The lowest BCUT2D eigenvalue weighted by Gasteiger charge is -2.17. The molecule has 3 nitrogen and oxygen atoms in total. The van der Waals surface area contributed by atoms with E-state index in [9.17, 15) is 9.90 Å². The summed E-state index contributed by atoms with van der Waals surface area (Å²) in [5.74, 6) is -0.408. The molecule has 1 atom stereocenters. The molecule has 0 saturated heterocycles. The summed E-state index contributed by atoms with van der Waals surface area (Å²) >= 11 is 5.93. The van der Waals surface area contributed by atoms with Crippen LogP contribution in [0.25, 0.3) is 0 Å². The van der Waals surface area contributed by atoms with Crippen LogP contribution in [0.1, 0.15) is 22.3 Å². The number of carboxylic acids is 1. The van der Waals surface area contributed by atoms with Crippen LogP contribution in [-0.4, -0.2) is 17.2 Å². The first-order chi connectivity index (χ1) is 10.4. The van der Waals surface area contributed by atoms with E-state index in [4.69, 9.17) is 16.3 Å². The predicted molar refractivity (Wildman–Crippen MR) is 87.9 cm³/mol. The fourth-order valence-electron chi connectivity index (χ4n) is 2.22. The van der Waals surface area contributed by atoms with Crippen molar-refractivity contribution in [2.75, 3.05) is 0 Å². The van der Waals surface area contributed by atoms with Crippen molar-refractivity contribution in [3.8, 4) is 5.75 Å². The van der Waals surface area contributed by atoms with E-state index >= 15 is 0 Å². The fourth-order valence-corrected chi connectivity index (χ4v) is 2.45. The summed E-state index contributed by atoms with van der Waals surface area (Å²) in [5, 5.41) is 10.1. The van der Waals surface area contributed by atoms with Crippen LogP contribution in [0.4, 0.5) is 0 Å². The molecule has 0 heterocycles. The second-order valence-electron chi connectivity index (χ2n) is 5.47. The molecular formula is C18H19ClO3. The molecule has 22 heavy (non-hydrogen) atoms. The molecule has 0 aliphatic rings. The van der Waals surface area contributed by atoms with E-state index in [1.165, 1.54) is 0 Å². The number of rotatable bonds is 5. The van der Waals surface area contributed by atoms with Gasteiger partial charge in [-0.1, -0.05) is 23.7 Å². The van der Waals surface area contributed by atoms with Gasteiger partial charge in [-0.05, 0) is 67.3 Å². The summed E-state index contributed by atoms with van der Waals surface area (Å²) in [6.45, 7) is 5.89. The van der Waals surface area contributed by atoms with Crippen molar-refractivity contribution < 1.29 is 14.6 Å². The molecule has 2 rings (SSSR count). The number of benzene rings is 2. The van der Waals surface area contributed by atoms with Crippen molar-refractivity contribution in [3.05, 3.63) is 63.7 Å². The lowest BCUT2D eigenvalue weighted by Crippen LogP contribution is -2.29. The van der Waals surface area contributed by atoms with Gasteiger partial charge in [0.1, 0.15) is 5.75 Å². The minimum atomic E-state index is -0.979. The number of ether oxygens (including phenoxy) is 1. The smallest absolute Gasteiger partial charge is 0.345 e. The van der Waals surface area contributed by atoms with Gasteiger partial charge in [0.2, 0.25) is 0 Å². The van der Waals surface area contributed by atoms with E-state index in [-0.39, 0.29) is 0 Å². The van der Waals surface area contributed by atoms with E-state index in [1.54, 1.807) is 12.1 Å². The third kappa shape index (κ3) is 4.01. The van der Waals surface area contributed by atoms with Gasteiger partial charge in [-0.15, -0.1) is 0 Å². The van der Waals surface area contributed by atoms with Crippen LogP contribution in [0.5, 0.6) is 5.75 Å². The molecule has 4 heteroatoms. The second kappa shape index (κ2) is 6.84. The highest BCUT2D eigenvalue weighted by atomic mass is 35.5. The quantitative estimate of drug-likeness (QED) is 0.892. The van der Waals surface area contributed by atoms with Gasteiger partial charge < -0.3 is 9.84 Å². The number of aryl methyl sites for hydroxylation is 3. The van der Waals surface area contributed by atoms with E-state index in [0.29, 0.717) is 17.2 Å². The highest BCUT2D eigenvalue weighted by Crippen LogP contribution is 2.21. The van der Waals surface area contributed by atoms with Crippen molar-refractivity contribution in [3.63, 3.8) is 0 Å². The van der Waals surface area contributed by atoms with Crippen LogP contribution >= 0.6 is 11.6 Å². The number of hydrogen-bond donors (Lipinski definition) is 1. The van der Waals surface area contributed by atoms with Crippen LogP contribution in [0.3, 0.4) is 0 Å². The normalized spacial score (nSPS) is 12.0. The lowest BCUT2D eigenvalue weighted by molar-refractivity contribution is -0.145. The Morgan fingerprint density at radius 1 is 1.09 bits per heavy atom. The first-order valence-electron chi connectivity index (χ1n) is 7.08. The van der Waals surface area contributed by atoms with Gasteiger partial charge >= 0.3 is 5.97 Å². The van der Waals surface area contributed by atoms with Gasteiger partial charge in [-0.2, -0.15) is 0 Å². The maximum Gasteiger partial charge on any atom is 0.345 e. The standard InChI is InChI=1S/C18H19ClO3/c1-11-4-7-16(9-12(11)2)22-17(18(20)21)10-14-5-6-15(19)8-13(14)3/h4-9,17H,10H2,1-3H3,(H,20,21)/t17-/m1/s1. The van der Waals surface area contributed by atoms with Crippen LogP contribution < -0.4 is 4.74 Å². The van der Waals surface area contributed by atoms with Crippen LogP contribution in [0.15, 0.2) is 36.4 Å². The van der Waals surface area contributed by atoms with E-state index in [0.717, 1.165) is 22.3 Å². The third-order valence-electron chi connectivity index (χ3n) is 3.74. The molecule has 0 saturated carbocycles. The molecule has 2 aromatic rings. The van der Waals surface area contributed by atoms with Crippen molar-refractivity contribution >= 4 is 17.6 Å². The van der Waals surface area contributed by atoms with Crippen molar-refractivity contribution in [2.45, 2.75) is 33.3 Å². The van der Waals surface area contributed by atoms with Gasteiger partial charge in [-0.25, -0.2) is 4.79 Å². The summed E-state index contributed by atoms with van der Waals surface area (Å²) in [7, 11) is 0. The van der Waals surface area contributed by atoms with Gasteiger partial charge in [0.05, 0.1) is 0 Å². The molecule has 0 aromatic heterocycles. The maximum atomic E-state index is 11.5. The summed E-state index contributed by atoms with van der Waals surface area (Å²) in [6.07, 6.45) is -0.632. The monoisotopic (exact) mass is 318 g/mol. The fraction of sp³-hybridized carbons (Fsp3) is 0.278. The Morgan fingerprint density at radius 3 is 2.41 bits per heavy atom. The van der Waals surface area contributed by atoms with Gasteiger partial charge in [0, 0.05) is 11.4 Å². The van der Waals surface area contributed by atoms with Gasteiger partial charge in [-0.3, -0.25) is 0 Å². The molecule has 1 N–H and O–H groups in total. The van der Waals surface area contributed by atoms with Crippen LogP contribution in [0.2, 0.25) is 5.02 Å². The molecule has 0 radical (unpaired) electrons. The molecule has 0 aliphatic heterocycles. The Balaban J connectivity index is 2.19. The summed E-state index contributed by atoms with van der Waals surface area (Å²) in [4.78, 5) is 11.5. The molecule has 0 unspecified atom stereocenters. The van der Waals surface area contributed by atoms with Gasteiger partial charge in [0.15, 0.2) is 6.10 Å². The summed E-state index contributed by atoms with van der Waals surface area (Å²) in [5.41, 5.74) is 4.10. The molecule has 0 spiro atoms. The largest absolute Gasteiger partial charge is 0.478 e. The van der Waals surface area contributed by atoms with E-state index in [1.807, 2.05) is 45.0 Å². The molecule has 116 valence electrons. The number of hydrogen-bond acceptors (Lipinski definition) is 2. The van der Waals surface area contributed by atoms with Crippen molar-refractivity contribution in [1.29, 1.82) is 0 Å². The topological polar surface area (TPSA) is 46.5 Å². The molecule has 0 amide bonds. The highest BCUT2D eigenvalue weighted by Gasteiger charge is 2.21. The third-order valence-corrected chi connectivity index (χ3v) is 3.98. The summed E-state index contributed by atoms with van der Waals surface area (Å²) < 4.78 is 5.67. The zero-order valence-electron chi connectivity index (χ0n) is 12.9. The van der Waals surface area contributed by atoms with Crippen molar-refractivity contribution in [2.24, 2.45) is 0 Å². The Bertz CT molecular complexity index is 695.